The van der Waals surface area contributed by atoms with Crippen LogP contribution in [-0.4, -0.2) is 44.3 Å². The van der Waals surface area contributed by atoms with Crippen molar-refractivity contribution in [3.05, 3.63) is 29.8 Å². The molecule has 6 nitrogen and oxygen atoms in total. The molecule has 0 fully saturated rings. The molecule has 6 heteroatoms. The largest absolute Gasteiger partial charge is 0.491 e. The van der Waals surface area contributed by atoms with Gasteiger partial charge in [0.15, 0.2) is 6.61 Å². The molecule has 0 aromatic heterocycles. The molecule has 1 aromatic rings. The number of rotatable bonds is 12. The van der Waals surface area contributed by atoms with Gasteiger partial charge < -0.3 is 19.5 Å². The van der Waals surface area contributed by atoms with E-state index in [9.17, 15) is 9.59 Å². The van der Waals surface area contributed by atoms with Gasteiger partial charge in [0, 0.05) is 13.2 Å². The van der Waals surface area contributed by atoms with E-state index in [1.807, 2.05) is 32.0 Å². The monoisotopic (exact) mass is 365 g/mol. The number of hydrogen-bond donors (Lipinski definition) is 1. The van der Waals surface area contributed by atoms with Crippen LogP contribution in [0.3, 0.4) is 0 Å². The Morgan fingerprint density at radius 1 is 1.12 bits per heavy atom. The predicted octanol–water partition coefficient (Wildman–Crippen LogP) is 2.74. The number of amides is 1. The van der Waals surface area contributed by atoms with Crippen molar-refractivity contribution in [2.45, 2.75) is 46.6 Å². The van der Waals surface area contributed by atoms with Crippen molar-refractivity contribution in [2.75, 3.05) is 26.4 Å². The quantitative estimate of drug-likeness (QED) is 0.455. The molecule has 0 aliphatic rings. The van der Waals surface area contributed by atoms with Crippen LogP contribution in [0, 0.1) is 5.92 Å². The van der Waals surface area contributed by atoms with Gasteiger partial charge in [0.2, 0.25) is 0 Å². The summed E-state index contributed by atoms with van der Waals surface area (Å²) in [5.41, 5.74) is 0.784. The van der Waals surface area contributed by atoms with E-state index in [0.717, 1.165) is 12.0 Å². The zero-order valence-electron chi connectivity index (χ0n) is 16.2. The molecule has 0 aliphatic heterocycles. The van der Waals surface area contributed by atoms with Gasteiger partial charge in [-0.25, -0.2) is 0 Å². The molecular weight excluding hydrogens is 334 g/mol. The molecule has 146 valence electrons. The first kappa shape index (κ1) is 22.0. The van der Waals surface area contributed by atoms with Crippen LogP contribution in [0.1, 0.15) is 39.7 Å². The first-order chi connectivity index (χ1) is 12.4. The van der Waals surface area contributed by atoms with Crippen LogP contribution in [0.15, 0.2) is 24.3 Å². The highest BCUT2D eigenvalue weighted by Gasteiger charge is 2.09. The Morgan fingerprint density at radius 3 is 2.58 bits per heavy atom. The fourth-order valence-electron chi connectivity index (χ4n) is 2.10. The van der Waals surface area contributed by atoms with E-state index < -0.39 is 5.97 Å². The molecule has 1 N–H and O–H groups in total. The molecule has 0 spiro atoms. The first-order valence-corrected chi connectivity index (χ1v) is 9.12. The minimum atomic E-state index is -0.449. The van der Waals surface area contributed by atoms with Gasteiger partial charge in [0.1, 0.15) is 5.75 Å². The summed E-state index contributed by atoms with van der Waals surface area (Å²) in [5, 5.41) is 2.66. The van der Waals surface area contributed by atoms with E-state index in [1.165, 1.54) is 0 Å². The molecule has 26 heavy (non-hydrogen) atoms. The van der Waals surface area contributed by atoms with Crippen molar-refractivity contribution >= 4 is 11.9 Å². The van der Waals surface area contributed by atoms with E-state index in [4.69, 9.17) is 14.2 Å². The lowest BCUT2D eigenvalue weighted by atomic mass is 10.1. The number of hydrogen-bond acceptors (Lipinski definition) is 5. The first-order valence-electron chi connectivity index (χ1n) is 9.12. The Labute approximate surface area is 156 Å². The minimum absolute atomic E-state index is 0.0650. The van der Waals surface area contributed by atoms with Crippen LogP contribution in [0.25, 0.3) is 0 Å². The molecule has 0 atom stereocenters. The number of carbonyl (C=O) groups is 2. The second-order valence-corrected chi connectivity index (χ2v) is 6.80. The van der Waals surface area contributed by atoms with Gasteiger partial charge >= 0.3 is 5.97 Å². The molecule has 1 aromatic carbocycles. The third-order valence-electron chi connectivity index (χ3n) is 3.39. The van der Waals surface area contributed by atoms with E-state index in [2.05, 4.69) is 19.2 Å². The van der Waals surface area contributed by atoms with Crippen LogP contribution in [-0.2, 0) is 25.5 Å². The molecule has 0 radical (unpaired) electrons. The number of esters is 1. The third-order valence-corrected chi connectivity index (χ3v) is 3.39. The van der Waals surface area contributed by atoms with Gasteiger partial charge in [0.05, 0.1) is 19.1 Å². The molecule has 0 saturated carbocycles. The van der Waals surface area contributed by atoms with Crippen LogP contribution < -0.4 is 10.1 Å². The van der Waals surface area contributed by atoms with Crippen LogP contribution >= 0.6 is 0 Å². The van der Waals surface area contributed by atoms with Crippen LogP contribution in [0.5, 0.6) is 5.75 Å². The SMILES string of the molecule is CC(C)CCOCCNC(=O)COC(=O)Cc1cccc(OC(C)C)c1. The Balaban J connectivity index is 2.20. The van der Waals surface area contributed by atoms with Crippen molar-refractivity contribution in [3.8, 4) is 5.75 Å². The van der Waals surface area contributed by atoms with Crippen molar-refractivity contribution in [2.24, 2.45) is 5.92 Å². The zero-order valence-corrected chi connectivity index (χ0v) is 16.2. The van der Waals surface area contributed by atoms with Crippen molar-refractivity contribution in [3.63, 3.8) is 0 Å². The second kappa shape index (κ2) is 12.3. The zero-order chi connectivity index (χ0) is 19.4. The van der Waals surface area contributed by atoms with E-state index >= 15 is 0 Å². The summed E-state index contributed by atoms with van der Waals surface area (Å²) in [6, 6.07) is 7.29. The van der Waals surface area contributed by atoms with Gasteiger partial charge in [-0.3, -0.25) is 9.59 Å². The smallest absolute Gasteiger partial charge is 0.310 e. The molecule has 0 heterocycles. The van der Waals surface area contributed by atoms with Gasteiger partial charge in [0.25, 0.3) is 5.91 Å². The lowest BCUT2D eigenvalue weighted by Gasteiger charge is -2.11. The standard InChI is InChI=1S/C20H31NO5/c1-15(2)8-10-24-11-9-21-19(22)14-25-20(23)13-17-6-5-7-18(12-17)26-16(3)4/h5-7,12,15-16H,8-11,13-14H2,1-4H3,(H,21,22). The molecule has 1 amide bonds. The predicted molar refractivity (Wildman–Crippen MR) is 100 cm³/mol. The minimum Gasteiger partial charge on any atom is -0.491 e. The highest BCUT2D eigenvalue weighted by Crippen LogP contribution is 2.15. The summed E-state index contributed by atoms with van der Waals surface area (Å²) >= 11 is 0. The van der Waals surface area contributed by atoms with Crippen molar-refractivity contribution in [1.82, 2.24) is 5.32 Å². The van der Waals surface area contributed by atoms with E-state index in [-0.39, 0.29) is 25.0 Å². The molecule has 0 unspecified atom stereocenters. The van der Waals surface area contributed by atoms with Crippen molar-refractivity contribution in [1.29, 1.82) is 0 Å². The number of nitrogens with one attached hydrogen (secondary N) is 1. The Hall–Kier alpha value is -2.08. The molecular formula is C20H31NO5. The normalized spacial score (nSPS) is 10.8. The van der Waals surface area contributed by atoms with Gasteiger partial charge in [-0.1, -0.05) is 26.0 Å². The summed E-state index contributed by atoms with van der Waals surface area (Å²) in [7, 11) is 0. The fourth-order valence-corrected chi connectivity index (χ4v) is 2.10. The summed E-state index contributed by atoms with van der Waals surface area (Å²) < 4.78 is 16.0. The second-order valence-electron chi connectivity index (χ2n) is 6.80. The maximum absolute atomic E-state index is 11.9. The highest BCUT2D eigenvalue weighted by molar-refractivity contribution is 5.81. The average molecular weight is 365 g/mol. The number of ether oxygens (including phenoxy) is 3. The van der Waals surface area contributed by atoms with Gasteiger partial charge in [-0.15, -0.1) is 0 Å². The molecule has 1 rings (SSSR count). The topological polar surface area (TPSA) is 73.9 Å². The summed E-state index contributed by atoms with van der Waals surface area (Å²) in [6.45, 7) is 9.40. The Bertz CT molecular complexity index is 557. The summed E-state index contributed by atoms with van der Waals surface area (Å²) in [6.07, 6.45) is 1.16. The summed E-state index contributed by atoms with van der Waals surface area (Å²) in [5.74, 6) is 0.528. The number of carbonyl (C=O) groups excluding carboxylic acids is 2. The molecule has 0 aliphatic carbocycles. The van der Waals surface area contributed by atoms with Crippen LogP contribution in [0.4, 0.5) is 0 Å². The van der Waals surface area contributed by atoms with E-state index in [1.54, 1.807) is 6.07 Å². The third kappa shape index (κ3) is 10.7. The Kier molecular flexibility index (Phi) is 10.4. The highest BCUT2D eigenvalue weighted by atomic mass is 16.5. The molecule has 0 saturated heterocycles. The lowest BCUT2D eigenvalue weighted by molar-refractivity contribution is -0.147. The molecule has 0 bridgehead atoms. The Morgan fingerprint density at radius 2 is 1.88 bits per heavy atom. The fraction of sp³-hybridized carbons (Fsp3) is 0.600. The van der Waals surface area contributed by atoms with Gasteiger partial charge in [-0.05, 0) is 43.9 Å². The lowest BCUT2D eigenvalue weighted by Crippen LogP contribution is -2.31. The average Bonchev–Trinajstić information content (AvgIpc) is 2.55. The maximum atomic E-state index is 11.9. The summed E-state index contributed by atoms with van der Waals surface area (Å²) in [4.78, 5) is 23.5. The maximum Gasteiger partial charge on any atom is 0.310 e. The van der Waals surface area contributed by atoms with Crippen molar-refractivity contribution < 1.29 is 23.8 Å². The van der Waals surface area contributed by atoms with Crippen LogP contribution in [0.2, 0.25) is 0 Å². The van der Waals surface area contributed by atoms with Gasteiger partial charge in [-0.2, -0.15) is 0 Å². The van der Waals surface area contributed by atoms with E-state index in [0.29, 0.717) is 31.4 Å². The number of benzene rings is 1.